The predicted octanol–water partition coefficient (Wildman–Crippen LogP) is 7.93. The van der Waals surface area contributed by atoms with Crippen LogP contribution in [0, 0.1) is 11.8 Å². The molecule has 3 aromatic carbocycles. The molecule has 0 unspecified atom stereocenters. The largest absolute Gasteiger partial charge is 0.465 e. The van der Waals surface area contributed by atoms with Crippen molar-refractivity contribution in [3.8, 4) is 0 Å². The maximum atomic E-state index is 13.5. The quantitative estimate of drug-likeness (QED) is 0.190. The second kappa shape index (κ2) is 19.3. The molecule has 2 fully saturated rings. The number of hydrogen-bond donors (Lipinski definition) is 1. The van der Waals surface area contributed by atoms with Gasteiger partial charge in [-0.15, -0.1) is 0 Å². The van der Waals surface area contributed by atoms with E-state index >= 15 is 0 Å². The number of rotatable bonds is 7. The van der Waals surface area contributed by atoms with E-state index in [1.54, 1.807) is 26.8 Å². The lowest BCUT2D eigenvalue weighted by atomic mass is 9.95. The predicted molar refractivity (Wildman–Crippen MR) is 212 cm³/mol. The number of benzene rings is 3. The number of hydrogen-bond acceptors (Lipinski definition) is 8. The molecule has 296 valence electrons. The third-order valence-corrected chi connectivity index (χ3v) is 9.10. The highest BCUT2D eigenvalue weighted by Crippen LogP contribution is 2.27. The minimum atomic E-state index is -0.544. The molecule has 12 heteroatoms. The van der Waals surface area contributed by atoms with Crippen LogP contribution in [0.5, 0.6) is 0 Å². The lowest BCUT2D eigenvalue weighted by Gasteiger charge is -2.35. The molecule has 55 heavy (non-hydrogen) atoms. The maximum absolute atomic E-state index is 13.5. The van der Waals surface area contributed by atoms with E-state index in [1.807, 2.05) is 114 Å². The monoisotopic (exact) mass is 756 g/mol. The van der Waals surface area contributed by atoms with Crippen LogP contribution in [0.15, 0.2) is 84.9 Å². The van der Waals surface area contributed by atoms with Crippen molar-refractivity contribution in [1.82, 2.24) is 9.80 Å². The summed E-state index contributed by atoms with van der Waals surface area (Å²) in [6, 6.07) is 26.0. The first-order valence-electron chi connectivity index (χ1n) is 18.9. The smallest absolute Gasteiger partial charge is 0.410 e. The Morgan fingerprint density at radius 1 is 0.655 bits per heavy atom. The van der Waals surface area contributed by atoms with Crippen LogP contribution in [-0.2, 0) is 30.3 Å². The van der Waals surface area contributed by atoms with Gasteiger partial charge in [0.2, 0.25) is 11.8 Å². The van der Waals surface area contributed by atoms with Gasteiger partial charge >= 0.3 is 18.2 Å². The molecule has 1 N–H and O–H groups in total. The van der Waals surface area contributed by atoms with Gasteiger partial charge in [-0.05, 0) is 109 Å². The minimum Gasteiger partial charge on any atom is -0.465 e. The summed E-state index contributed by atoms with van der Waals surface area (Å²) < 4.78 is 15.6. The van der Waals surface area contributed by atoms with Gasteiger partial charge in [0.1, 0.15) is 11.2 Å². The van der Waals surface area contributed by atoms with Crippen molar-refractivity contribution >= 4 is 41.3 Å². The highest BCUT2D eigenvalue weighted by atomic mass is 16.6. The Kier molecular flexibility index (Phi) is 14.8. The molecule has 2 saturated heterocycles. The van der Waals surface area contributed by atoms with Crippen molar-refractivity contribution < 1.29 is 38.2 Å². The van der Waals surface area contributed by atoms with E-state index < -0.39 is 17.2 Å². The minimum absolute atomic E-state index is 0.0232. The van der Waals surface area contributed by atoms with Crippen LogP contribution in [-0.4, -0.2) is 84.3 Å². The summed E-state index contributed by atoms with van der Waals surface area (Å²) in [4.78, 5) is 67.0. The van der Waals surface area contributed by atoms with Gasteiger partial charge in [-0.3, -0.25) is 9.59 Å². The van der Waals surface area contributed by atoms with E-state index in [4.69, 9.17) is 14.2 Å². The lowest BCUT2D eigenvalue weighted by molar-refractivity contribution is -0.124. The van der Waals surface area contributed by atoms with Gasteiger partial charge in [0, 0.05) is 49.4 Å². The van der Waals surface area contributed by atoms with Gasteiger partial charge in [-0.1, -0.05) is 48.5 Å². The van der Waals surface area contributed by atoms with Gasteiger partial charge in [-0.25, -0.2) is 14.4 Å². The highest BCUT2D eigenvalue weighted by Gasteiger charge is 2.33. The van der Waals surface area contributed by atoms with E-state index in [-0.39, 0.29) is 35.8 Å². The Labute approximate surface area is 325 Å². The molecule has 0 radical (unpaired) electrons. The Hall–Kier alpha value is -5.39. The number of piperidine rings is 2. The normalized spacial score (nSPS) is 15.2. The Morgan fingerprint density at radius 2 is 1.11 bits per heavy atom. The van der Waals surface area contributed by atoms with E-state index in [2.05, 4.69) is 5.32 Å². The number of para-hydroxylation sites is 2. The standard InChI is InChI=1S/C26H32N2O5.C17H24N2O3/c1-26(2,3)33-25(31)27-16-14-20(15-17-27)23(29)28(22-8-6-5-7-9-22)18-19-10-12-21(13-11-19)24(30)32-4;1-17(2,3)22-16(21)19-11-9-13(10-12-19)15(20)18-14-7-5-4-6-8-14/h5-13,20H,14-18H2,1-4H3;4-8,13H,9-12H2,1-3H3,(H,18,20). The van der Waals surface area contributed by atoms with Crippen molar-refractivity contribution in [3.05, 3.63) is 96.1 Å². The van der Waals surface area contributed by atoms with Crippen LogP contribution in [0.2, 0.25) is 0 Å². The summed E-state index contributed by atoms with van der Waals surface area (Å²) in [6.07, 6.45) is 1.87. The zero-order chi connectivity index (χ0) is 40.2. The zero-order valence-electron chi connectivity index (χ0n) is 33.2. The zero-order valence-corrected chi connectivity index (χ0v) is 33.2. The number of esters is 1. The van der Waals surface area contributed by atoms with Crippen LogP contribution in [0.25, 0.3) is 0 Å². The molecule has 5 rings (SSSR count). The number of amides is 4. The summed E-state index contributed by atoms with van der Waals surface area (Å²) in [5, 5.41) is 2.92. The number of carbonyl (C=O) groups excluding carboxylic acids is 5. The molecule has 0 bridgehead atoms. The molecule has 0 aromatic heterocycles. The van der Waals surface area contributed by atoms with Crippen LogP contribution in [0.1, 0.15) is 83.1 Å². The summed E-state index contributed by atoms with van der Waals surface area (Å²) in [5.74, 6) is -0.580. The molecule has 2 aliphatic heterocycles. The molecule has 0 saturated carbocycles. The highest BCUT2D eigenvalue weighted by molar-refractivity contribution is 5.95. The first-order chi connectivity index (χ1) is 26.0. The Bertz CT molecular complexity index is 1720. The van der Waals surface area contributed by atoms with Crippen molar-refractivity contribution in [2.24, 2.45) is 11.8 Å². The molecular formula is C43H56N4O8. The first-order valence-corrected chi connectivity index (χ1v) is 18.9. The SMILES string of the molecule is CC(C)(C)OC(=O)N1CCC(C(=O)Nc2ccccc2)CC1.COC(=O)c1ccc(CN(C(=O)C2CCN(C(=O)OC(C)(C)C)CC2)c2ccccc2)cc1. The van der Waals surface area contributed by atoms with Gasteiger partial charge in [0.15, 0.2) is 0 Å². The van der Waals surface area contributed by atoms with Gasteiger partial charge in [0.05, 0.1) is 19.2 Å². The van der Waals surface area contributed by atoms with E-state index in [0.717, 1.165) is 16.9 Å². The number of likely N-dealkylation sites (tertiary alicyclic amines) is 2. The second-order valence-corrected chi connectivity index (χ2v) is 15.8. The number of nitrogens with zero attached hydrogens (tertiary/aromatic N) is 3. The summed E-state index contributed by atoms with van der Waals surface area (Å²) >= 11 is 0. The van der Waals surface area contributed by atoms with Crippen molar-refractivity contribution in [1.29, 1.82) is 0 Å². The molecule has 2 heterocycles. The van der Waals surface area contributed by atoms with Crippen LogP contribution in [0.4, 0.5) is 21.0 Å². The number of ether oxygens (including phenoxy) is 3. The maximum Gasteiger partial charge on any atom is 0.410 e. The second-order valence-electron chi connectivity index (χ2n) is 15.8. The average Bonchev–Trinajstić information content (AvgIpc) is 3.16. The average molecular weight is 757 g/mol. The van der Waals surface area contributed by atoms with Crippen molar-refractivity contribution in [2.75, 3.05) is 43.5 Å². The van der Waals surface area contributed by atoms with E-state index in [1.165, 1.54) is 7.11 Å². The molecule has 4 amide bonds. The lowest BCUT2D eigenvalue weighted by Crippen LogP contribution is -2.45. The van der Waals surface area contributed by atoms with E-state index in [9.17, 15) is 24.0 Å². The molecule has 0 spiro atoms. The summed E-state index contributed by atoms with van der Waals surface area (Å²) in [5.41, 5.74) is 1.96. The molecular weight excluding hydrogens is 700 g/mol. The number of nitrogens with one attached hydrogen (secondary N) is 1. The fourth-order valence-electron chi connectivity index (χ4n) is 6.22. The van der Waals surface area contributed by atoms with Gasteiger partial charge in [0.25, 0.3) is 0 Å². The number of anilines is 2. The van der Waals surface area contributed by atoms with Crippen molar-refractivity contribution in [2.45, 2.75) is 85.0 Å². The van der Waals surface area contributed by atoms with Gasteiger partial charge < -0.3 is 34.2 Å². The topological polar surface area (TPSA) is 135 Å². The number of methoxy groups -OCH3 is 1. The fraction of sp³-hybridized carbons (Fsp3) is 0.465. The molecule has 2 aliphatic rings. The Balaban J connectivity index is 0.000000265. The van der Waals surface area contributed by atoms with Crippen LogP contribution in [0.3, 0.4) is 0 Å². The van der Waals surface area contributed by atoms with Crippen LogP contribution >= 0.6 is 0 Å². The first kappa shape index (κ1) is 42.4. The molecule has 3 aromatic rings. The van der Waals surface area contributed by atoms with Crippen LogP contribution < -0.4 is 10.2 Å². The third kappa shape index (κ3) is 13.4. The van der Waals surface area contributed by atoms with E-state index in [0.29, 0.717) is 64.0 Å². The Morgan fingerprint density at radius 3 is 1.56 bits per heavy atom. The molecule has 0 aliphatic carbocycles. The third-order valence-electron chi connectivity index (χ3n) is 9.10. The molecule has 12 nitrogen and oxygen atoms in total. The summed E-state index contributed by atoms with van der Waals surface area (Å²) in [6.45, 7) is 13.6. The summed E-state index contributed by atoms with van der Waals surface area (Å²) in [7, 11) is 1.35. The number of carbonyl (C=O) groups is 5. The van der Waals surface area contributed by atoms with Gasteiger partial charge in [-0.2, -0.15) is 0 Å². The van der Waals surface area contributed by atoms with Crippen molar-refractivity contribution in [3.63, 3.8) is 0 Å². The molecule has 0 atom stereocenters. The fourth-order valence-corrected chi connectivity index (χ4v) is 6.22.